The summed E-state index contributed by atoms with van der Waals surface area (Å²) in [6.45, 7) is 2.97. The first-order valence-corrected chi connectivity index (χ1v) is 5.97. The summed E-state index contributed by atoms with van der Waals surface area (Å²) in [5.41, 5.74) is 0. The maximum atomic E-state index is 13.3. The minimum Gasteiger partial charge on any atom is -0.481 e. The van der Waals surface area contributed by atoms with E-state index in [0.29, 0.717) is 13.2 Å². The molecule has 0 aliphatic carbocycles. The summed E-state index contributed by atoms with van der Waals surface area (Å²) in [4.78, 5) is 13.5. The number of halogens is 1. The predicted octanol–water partition coefficient (Wildman–Crippen LogP) is 1.80. The number of hydrogen-bond donors (Lipinski definition) is 0. The molecule has 1 amide bonds. The lowest BCUT2D eigenvalue weighted by Gasteiger charge is -2.33. The van der Waals surface area contributed by atoms with Gasteiger partial charge in [-0.2, -0.15) is 0 Å². The van der Waals surface area contributed by atoms with Crippen LogP contribution >= 0.6 is 0 Å². The zero-order valence-electron chi connectivity index (χ0n) is 10.3. The molecule has 0 spiro atoms. The average Bonchev–Trinajstić information content (AvgIpc) is 2.38. The van der Waals surface area contributed by atoms with E-state index in [2.05, 4.69) is 0 Å². The minimum absolute atomic E-state index is 0.0939. The van der Waals surface area contributed by atoms with Gasteiger partial charge in [0.05, 0.1) is 6.61 Å². The molecule has 4 nitrogen and oxygen atoms in total. The van der Waals surface area contributed by atoms with E-state index < -0.39 is 5.82 Å². The number of para-hydroxylation sites is 1. The number of ether oxygens (including phenoxy) is 2. The number of benzene rings is 1. The van der Waals surface area contributed by atoms with Crippen LogP contribution in [0.25, 0.3) is 0 Å². The van der Waals surface area contributed by atoms with Crippen LogP contribution in [-0.4, -0.2) is 36.8 Å². The monoisotopic (exact) mass is 253 g/mol. The lowest BCUT2D eigenvalue weighted by molar-refractivity contribution is -0.154. The quantitative estimate of drug-likeness (QED) is 0.824. The highest BCUT2D eigenvalue weighted by atomic mass is 19.1. The van der Waals surface area contributed by atoms with Crippen molar-refractivity contribution < 1.29 is 18.7 Å². The van der Waals surface area contributed by atoms with E-state index >= 15 is 0 Å². The molecule has 1 aromatic carbocycles. The third kappa shape index (κ3) is 2.98. The van der Waals surface area contributed by atoms with E-state index in [9.17, 15) is 9.18 Å². The summed E-state index contributed by atoms with van der Waals surface area (Å²) < 4.78 is 23.8. The third-order valence-electron chi connectivity index (χ3n) is 2.85. The van der Waals surface area contributed by atoms with Gasteiger partial charge >= 0.3 is 0 Å². The molecule has 98 valence electrons. The van der Waals surface area contributed by atoms with Gasteiger partial charge in [0.15, 0.2) is 18.2 Å². The zero-order chi connectivity index (χ0) is 13.0. The van der Waals surface area contributed by atoms with Crippen LogP contribution in [0.3, 0.4) is 0 Å². The Hall–Kier alpha value is -1.62. The van der Waals surface area contributed by atoms with Crippen molar-refractivity contribution in [2.24, 2.45) is 0 Å². The number of amides is 1. The summed E-state index contributed by atoms with van der Waals surface area (Å²) in [6.07, 6.45) is 0.575. The summed E-state index contributed by atoms with van der Waals surface area (Å²) in [5.74, 6) is -0.560. The van der Waals surface area contributed by atoms with Gasteiger partial charge in [0, 0.05) is 6.54 Å². The molecule has 0 saturated carbocycles. The average molecular weight is 253 g/mol. The lowest BCUT2D eigenvalue weighted by atomic mass is 10.3. The SMILES string of the molecule is CC1OCCCN1C(=O)COc1ccccc1F. The normalized spacial score (nSPS) is 19.7. The molecule has 2 rings (SSSR count). The van der Waals surface area contributed by atoms with Gasteiger partial charge in [-0.3, -0.25) is 4.79 Å². The summed E-state index contributed by atoms with van der Waals surface area (Å²) in [5, 5.41) is 0. The van der Waals surface area contributed by atoms with Gasteiger partial charge in [0.2, 0.25) is 0 Å². The van der Waals surface area contributed by atoms with Crippen LogP contribution in [-0.2, 0) is 9.53 Å². The summed E-state index contributed by atoms with van der Waals surface area (Å²) in [7, 11) is 0. The second-order valence-corrected chi connectivity index (χ2v) is 4.13. The fraction of sp³-hybridized carbons (Fsp3) is 0.462. The molecule has 0 radical (unpaired) electrons. The highest BCUT2D eigenvalue weighted by molar-refractivity contribution is 5.78. The van der Waals surface area contributed by atoms with E-state index in [4.69, 9.17) is 9.47 Å². The van der Waals surface area contributed by atoms with E-state index in [1.807, 2.05) is 6.92 Å². The van der Waals surface area contributed by atoms with Crippen molar-refractivity contribution in [3.63, 3.8) is 0 Å². The second-order valence-electron chi connectivity index (χ2n) is 4.13. The van der Waals surface area contributed by atoms with Crippen molar-refractivity contribution >= 4 is 5.91 Å². The van der Waals surface area contributed by atoms with Crippen LogP contribution in [0.4, 0.5) is 4.39 Å². The summed E-state index contributed by atoms with van der Waals surface area (Å²) in [6, 6.07) is 6.03. The predicted molar refractivity (Wildman–Crippen MR) is 63.6 cm³/mol. The number of carbonyl (C=O) groups excluding carboxylic acids is 1. The Morgan fingerprint density at radius 1 is 1.56 bits per heavy atom. The van der Waals surface area contributed by atoms with Crippen LogP contribution in [0.15, 0.2) is 24.3 Å². The maximum Gasteiger partial charge on any atom is 0.262 e. The molecular formula is C13H16FNO3. The fourth-order valence-corrected chi connectivity index (χ4v) is 1.87. The maximum absolute atomic E-state index is 13.3. The molecule has 0 N–H and O–H groups in total. The fourth-order valence-electron chi connectivity index (χ4n) is 1.87. The van der Waals surface area contributed by atoms with E-state index in [0.717, 1.165) is 6.42 Å². The van der Waals surface area contributed by atoms with Gasteiger partial charge in [0.1, 0.15) is 6.23 Å². The Kier molecular flexibility index (Phi) is 4.15. The number of hydrogen-bond acceptors (Lipinski definition) is 3. The van der Waals surface area contributed by atoms with Crippen molar-refractivity contribution in [1.29, 1.82) is 0 Å². The Bertz CT molecular complexity index is 424. The van der Waals surface area contributed by atoms with Gasteiger partial charge in [-0.05, 0) is 25.5 Å². The molecule has 1 atom stereocenters. The number of carbonyl (C=O) groups is 1. The Morgan fingerprint density at radius 3 is 3.06 bits per heavy atom. The van der Waals surface area contributed by atoms with Crippen molar-refractivity contribution in [2.75, 3.05) is 19.8 Å². The Labute approximate surface area is 105 Å². The smallest absolute Gasteiger partial charge is 0.262 e. The van der Waals surface area contributed by atoms with Crippen LogP contribution < -0.4 is 4.74 Å². The molecule has 1 heterocycles. The van der Waals surface area contributed by atoms with Crippen LogP contribution in [0.2, 0.25) is 0 Å². The van der Waals surface area contributed by atoms with Crippen molar-refractivity contribution in [2.45, 2.75) is 19.6 Å². The molecule has 1 unspecified atom stereocenters. The minimum atomic E-state index is -0.465. The van der Waals surface area contributed by atoms with E-state index in [1.54, 1.807) is 17.0 Å². The molecule has 1 aliphatic rings. The molecule has 5 heteroatoms. The van der Waals surface area contributed by atoms with Gasteiger partial charge in [0.25, 0.3) is 5.91 Å². The van der Waals surface area contributed by atoms with Crippen LogP contribution in [0.5, 0.6) is 5.75 Å². The van der Waals surface area contributed by atoms with Gasteiger partial charge in [-0.1, -0.05) is 12.1 Å². The number of rotatable bonds is 3. The Morgan fingerprint density at radius 2 is 2.33 bits per heavy atom. The largest absolute Gasteiger partial charge is 0.481 e. The molecular weight excluding hydrogens is 237 g/mol. The van der Waals surface area contributed by atoms with Gasteiger partial charge in [-0.15, -0.1) is 0 Å². The molecule has 1 fully saturated rings. The van der Waals surface area contributed by atoms with Crippen molar-refractivity contribution in [3.8, 4) is 5.75 Å². The van der Waals surface area contributed by atoms with Gasteiger partial charge in [-0.25, -0.2) is 4.39 Å². The molecule has 1 aromatic rings. The van der Waals surface area contributed by atoms with Crippen molar-refractivity contribution in [3.05, 3.63) is 30.1 Å². The molecule has 0 bridgehead atoms. The third-order valence-corrected chi connectivity index (χ3v) is 2.85. The molecule has 1 aliphatic heterocycles. The first-order chi connectivity index (χ1) is 8.68. The first kappa shape index (κ1) is 12.8. The molecule has 18 heavy (non-hydrogen) atoms. The zero-order valence-corrected chi connectivity index (χ0v) is 10.3. The Balaban J connectivity index is 1.90. The first-order valence-electron chi connectivity index (χ1n) is 5.97. The molecule has 1 saturated heterocycles. The van der Waals surface area contributed by atoms with Crippen molar-refractivity contribution in [1.82, 2.24) is 4.90 Å². The van der Waals surface area contributed by atoms with Crippen LogP contribution in [0, 0.1) is 5.82 Å². The van der Waals surface area contributed by atoms with E-state index in [1.165, 1.54) is 12.1 Å². The van der Waals surface area contributed by atoms with E-state index in [-0.39, 0.29) is 24.5 Å². The molecule has 0 aromatic heterocycles. The highest BCUT2D eigenvalue weighted by Crippen LogP contribution is 2.16. The van der Waals surface area contributed by atoms with Crippen LogP contribution in [0.1, 0.15) is 13.3 Å². The van der Waals surface area contributed by atoms with Gasteiger partial charge < -0.3 is 14.4 Å². The standard InChI is InChI=1S/C13H16FNO3/c1-10-15(7-4-8-17-10)13(16)9-18-12-6-3-2-5-11(12)14/h2-3,5-6,10H,4,7-9H2,1H3. The second kappa shape index (κ2) is 5.82. The highest BCUT2D eigenvalue weighted by Gasteiger charge is 2.24. The lowest BCUT2D eigenvalue weighted by Crippen LogP contribution is -2.46. The summed E-state index contributed by atoms with van der Waals surface area (Å²) >= 11 is 0. The topological polar surface area (TPSA) is 38.8 Å². The number of nitrogens with zero attached hydrogens (tertiary/aromatic N) is 1.